The van der Waals surface area contributed by atoms with Gasteiger partial charge in [-0.2, -0.15) is 0 Å². The number of nitrogens with zero attached hydrogens (tertiary/aromatic N) is 1. The highest BCUT2D eigenvalue weighted by Crippen LogP contribution is 2.48. The molecule has 1 aromatic rings. The summed E-state index contributed by atoms with van der Waals surface area (Å²) in [6.07, 6.45) is -1.55. The fourth-order valence-corrected chi connectivity index (χ4v) is 3.63. The number of aliphatic hydroxyl groups is 1. The Morgan fingerprint density at radius 2 is 1.67 bits per heavy atom. The molecule has 1 N–H and O–H groups in total. The highest BCUT2D eigenvalue weighted by atomic mass is 19.4. The molecular weight excluding hydrogens is 323 g/mol. The van der Waals surface area contributed by atoms with Crippen molar-refractivity contribution < 1.29 is 27.8 Å². The number of anilines is 1. The average Bonchev–Trinajstić information content (AvgIpc) is 2.80. The van der Waals surface area contributed by atoms with E-state index in [1.807, 2.05) is 0 Å². The second kappa shape index (κ2) is 5.65. The van der Waals surface area contributed by atoms with Gasteiger partial charge in [0.05, 0.1) is 11.0 Å². The molecule has 1 spiro atoms. The normalized spacial score (nSPS) is 30.9. The van der Waals surface area contributed by atoms with E-state index in [4.69, 9.17) is 0 Å². The highest BCUT2D eigenvalue weighted by molar-refractivity contribution is 6.00. The molecular formula is C17H20F3NO3. The maximum atomic E-state index is 12.8. The zero-order valence-electron chi connectivity index (χ0n) is 13.4. The summed E-state index contributed by atoms with van der Waals surface area (Å²) in [5.41, 5.74) is -0.581. The molecule has 1 saturated heterocycles. The summed E-state index contributed by atoms with van der Waals surface area (Å²) >= 11 is 0. The van der Waals surface area contributed by atoms with Crippen molar-refractivity contribution in [2.24, 2.45) is 5.41 Å². The number of alkyl halides is 3. The Morgan fingerprint density at radius 1 is 1.08 bits per heavy atom. The van der Waals surface area contributed by atoms with Crippen LogP contribution in [0.25, 0.3) is 0 Å². The first-order valence-corrected chi connectivity index (χ1v) is 8.01. The van der Waals surface area contributed by atoms with Crippen LogP contribution in [0.3, 0.4) is 0 Å². The predicted molar refractivity (Wildman–Crippen MR) is 81.6 cm³/mol. The molecule has 24 heavy (non-hydrogen) atoms. The van der Waals surface area contributed by atoms with E-state index in [0.29, 0.717) is 44.3 Å². The number of hydrogen-bond donors (Lipinski definition) is 1. The quantitative estimate of drug-likeness (QED) is 0.892. The first kappa shape index (κ1) is 17.1. The molecule has 1 aromatic carbocycles. The van der Waals surface area contributed by atoms with E-state index in [9.17, 15) is 23.1 Å². The number of halogens is 3. The Hall–Kier alpha value is -1.76. The molecule has 7 heteroatoms. The van der Waals surface area contributed by atoms with E-state index in [0.717, 1.165) is 0 Å². The summed E-state index contributed by atoms with van der Waals surface area (Å²) in [4.78, 5) is 14.5. The van der Waals surface area contributed by atoms with Gasteiger partial charge >= 0.3 is 6.36 Å². The maximum Gasteiger partial charge on any atom is 0.573 e. The minimum Gasteiger partial charge on any atom is -0.406 e. The molecule has 0 unspecified atom stereocenters. The molecule has 0 radical (unpaired) electrons. The number of benzene rings is 1. The monoisotopic (exact) mass is 343 g/mol. The average molecular weight is 343 g/mol. The summed E-state index contributed by atoms with van der Waals surface area (Å²) in [6.45, 7) is 2.33. The van der Waals surface area contributed by atoms with E-state index >= 15 is 0 Å². The molecule has 2 fully saturated rings. The van der Waals surface area contributed by atoms with Crippen LogP contribution in [0.2, 0.25) is 0 Å². The SMILES string of the molecule is C[C@]1(O)CC[C@@]2(CCN(c3ccc(OC(F)(F)F)cc3)C2=O)CC1. The van der Waals surface area contributed by atoms with Gasteiger partial charge in [-0.15, -0.1) is 13.2 Å². The van der Waals surface area contributed by atoms with Gasteiger partial charge in [-0.05, 0) is 63.3 Å². The molecule has 1 aliphatic carbocycles. The molecule has 3 rings (SSSR count). The minimum atomic E-state index is -4.73. The fourth-order valence-electron chi connectivity index (χ4n) is 3.63. The Morgan fingerprint density at radius 3 is 2.21 bits per heavy atom. The van der Waals surface area contributed by atoms with Gasteiger partial charge in [-0.1, -0.05) is 0 Å². The summed E-state index contributed by atoms with van der Waals surface area (Å²) in [5.74, 6) is -0.302. The van der Waals surface area contributed by atoms with Crippen LogP contribution >= 0.6 is 0 Å². The van der Waals surface area contributed by atoms with E-state index < -0.39 is 17.4 Å². The molecule has 2 aliphatic rings. The van der Waals surface area contributed by atoms with Crippen LogP contribution in [-0.4, -0.2) is 29.5 Å². The zero-order valence-corrected chi connectivity index (χ0v) is 13.4. The van der Waals surface area contributed by atoms with E-state index in [1.165, 1.54) is 24.3 Å². The van der Waals surface area contributed by atoms with Crippen LogP contribution in [0.1, 0.15) is 39.0 Å². The van der Waals surface area contributed by atoms with Crippen molar-refractivity contribution in [3.8, 4) is 5.75 Å². The molecule has 0 bridgehead atoms. The third-order valence-corrected chi connectivity index (χ3v) is 5.18. The largest absolute Gasteiger partial charge is 0.573 e. The van der Waals surface area contributed by atoms with Gasteiger partial charge in [0.25, 0.3) is 0 Å². The highest BCUT2D eigenvalue weighted by Gasteiger charge is 2.50. The Kier molecular flexibility index (Phi) is 4.02. The van der Waals surface area contributed by atoms with Gasteiger partial charge < -0.3 is 14.7 Å². The minimum absolute atomic E-state index is 0.00231. The number of carbonyl (C=O) groups is 1. The Labute approximate surface area is 138 Å². The molecule has 1 saturated carbocycles. The maximum absolute atomic E-state index is 12.8. The molecule has 1 heterocycles. The second-order valence-corrected chi connectivity index (χ2v) is 7.03. The van der Waals surface area contributed by atoms with E-state index in [-0.39, 0.29) is 11.7 Å². The summed E-state index contributed by atoms with van der Waals surface area (Å²) in [7, 11) is 0. The van der Waals surface area contributed by atoms with Crippen molar-refractivity contribution in [3.63, 3.8) is 0 Å². The first-order valence-electron chi connectivity index (χ1n) is 8.01. The smallest absolute Gasteiger partial charge is 0.406 e. The fraction of sp³-hybridized carbons (Fsp3) is 0.588. The standard InChI is InChI=1S/C17H20F3NO3/c1-15(23)6-8-16(9-7-15)10-11-21(14(16)22)12-2-4-13(5-3-12)24-17(18,19)20/h2-5,23H,6-11H2,1H3/t15-,16-. The number of rotatable bonds is 2. The van der Waals surface area contributed by atoms with Crippen LogP contribution in [0.5, 0.6) is 5.75 Å². The van der Waals surface area contributed by atoms with Crippen molar-refractivity contribution in [1.82, 2.24) is 0 Å². The topological polar surface area (TPSA) is 49.8 Å². The molecule has 4 nitrogen and oxygen atoms in total. The van der Waals surface area contributed by atoms with Crippen molar-refractivity contribution >= 4 is 11.6 Å². The zero-order chi connectivity index (χ0) is 17.6. The predicted octanol–water partition coefficient (Wildman–Crippen LogP) is 3.63. The lowest BCUT2D eigenvalue weighted by atomic mass is 9.68. The number of hydrogen-bond acceptors (Lipinski definition) is 3. The van der Waals surface area contributed by atoms with E-state index in [2.05, 4.69) is 4.74 Å². The van der Waals surface area contributed by atoms with Gasteiger partial charge in [-0.25, -0.2) is 0 Å². The molecule has 1 aliphatic heterocycles. The number of carbonyl (C=O) groups excluding carboxylic acids is 1. The molecule has 1 amide bonds. The van der Waals surface area contributed by atoms with Crippen molar-refractivity contribution in [2.75, 3.05) is 11.4 Å². The third kappa shape index (κ3) is 3.36. The summed E-state index contributed by atoms with van der Waals surface area (Å²) < 4.78 is 40.4. The van der Waals surface area contributed by atoms with Crippen molar-refractivity contribution in [3.05, 3.63) is 24.3 Å². The Bertz CT molecular complexity index is 615. The lowest BCUT2D eigenvalue weighted by molar-refractivity contribution is -0.274. The number of amides is 1. The van der Waals surface area contributed by atoms with Crippen LogP contribution in [0.4, 0.5) is 18.9 Å². The second-order valence-electron chi connectivity index (χ2n) is 7.03. The van der Waals surface area contributed by atoms with Gasteiger partial charge in [0.2, 0.25) is 5.91 Å². The van der Waals surface area contributed by atoms with Crippen LogP contribution < -0.4 is 9.64 Å². The van der Waals surface area contributed by atoms with Crippen molar-refractivity contribution in [1.29, 1.82) is 0 Å². The summed E-state index contributed by atoms with van der Waals surface area (Å²) in [6, 6.07) is 5.37. The lowest BCUT2D eigenvalue weighted by Crippen LogP contribution is -2.42. The number of ether oxygens (including phenoxy) is 1. The van der Waals surface area contributed by atoms with Crippen LogP contribution in [-0.2, 0) is 4.79 Å². The van der Waals surface area contributed by atoms with Gasteiger partial charge in [0, 0.05) is 12.2 Å². The van der Waals surface area contributed by atoms with Crippen LogP contribution in [0, 0.1) is 5.41 Å². The molecule has 0 atom stereocenters. The summed E-state index contributed by atoms with van der Waals surface area (Å²) in [5, 5.41) is 10.1. The van der Waals surface area contributed by atoms with Gasteiger partial charge in [0.15, 0.2) is 0 Å². The Balaban J connectivity index is 1.72. The molecule has 132 valence electrons. The van der Waals surface area contributed by atoms with Crippen LogP contribution in [0.15, 0.2) is 24.3 Å². The molecule has 0 aromatic heterocycles. The lowest BCUT2D eigenvalue weighted by Gasteiger charge is -2.38. The third-order valence-electron chi connectivity index (χ3n) is 5.18. The first-order chi connectivity index (χ1) is 11.1. The van der Waals surface area contributed by atoms with Gasteiger partial charge in [0.1, 0.15) is 5.75 Å². The van der Waals surface area contributed by atoms with Gasteiger partial charge in [-0.3, -0.25) is 4.79 Å². The van der Waals surface area contributed by atoms with E-state index in [1.54, 1.807) is 11.8 Å². The van der Waals surface area contributed by atoms with Crippen molar-refractivity contribution in [2.45, 2.75) is 51.0 Å².